The van der Waals surface area contributed by atoms with Crippen molar-refractivity contribution in [2.45, 2.75) is 20.0 Å². The van der Waals surface area contributed by atoms with Crippen LogP contribution in [0.15, 0.2) is 16.6 Å². The molecule has 0 aliphatic carbocycles. The van der Waals surface area contributed by atoms with Gasteiger partial charge in [0.2, 0.25) is 0 Å². The van der Waals surface area contributed by atoms with Crippen molar-refractivity contribution in [2.75, 3.05) is 6.61 Å². The Morgan fingerprint density at radius 2 is 2.18 bits per heavy atom. The van der Waals surface area contributed by atoms with E-state index in [0.717, 1.165) is 0 Å². The second kappa shape index (κ2) is 6.38. The lowest BCUT2D eigenvalue weighted by molar-refractivity contribution is -0.142. The van der Waals surface area contributed by atoms with Gasteiger partial charge in [-0.05, 0) is 30.2 Å². The summed E-state index contributed by atoms with van der Waals surface area (Å²) >= 11 is 3.31. The van der Waals surface area contributed by atoms with E-state index in [2.05, 4.69) is 15.9 Å². The first-order chi connectivity index (χ1) is 8.12. The highest BCUT2D eigenvalue weighted by Gasteiger charge is 2.12. The van der Waals surface area contributed by atoms with Crippen LogP contribution in [0, 0.1) is 11.3 Å². The Kier molecular flexibility index (Phi) is 5.13. The number of hydrogen-bond donors (Lipinski definition) is 1. The summed E-state index contributed by atoms with van der Waals surface area (Å²) in [5, 5.41) is 18.0. The number of carbonyl (C=O) groups excluding carboxylic acids is 1. The van der Waals surface area contributed by atoms with E-state index >= 15 is 0 Å². The number of aliphatic hydroxyl groups is 1. The molecule has 0 bridgehead atoms. The number of hydrogen-bond acceptors (Lipinski definition) is 4. The Labute approximate surface area is 108 Å². The SMILES string of the molecule is CCOC(=O)Cc1cc(C#N)cc(CO)c1Br. The first-order valence-electron chi connectivity index (χ1n) is 5.10. The highest BCUT2D eigenvalue weighted by Crippen LogP contribution is 2.24. The monoisotopic (exact) mass is 297 g/mol. The molecule has 4 nitrogen and oxygen atoms in total. The minimum atomic E-state index is -0.354. The van der Waals surface area contributed by atoms with E-state index in [0.29, 0.717) is 27.8 Å². The summed E-state index contributed by atoms with van der Waals surface area (Å²) in [6.07, 6.45) is 0.0803. The molecule has 0 spiro atoms. The largest absolute Gasteiger partial charge is 0.466 e. The molecule has 0 heterocycles. The summed E-state index contributed by atoms with van der Waals surface area (Å²) in [5.41, 5.74) is 1.64. The maximum absolute atomic E-state index is 11.4. The Balaban J connectivity index is 3.06. The quantitative estimate of drug-likeness (QED) is 0.862. The number of benzene rings is 1. The van der Waals surface area contributed by atoms with Gasteiger partial charge in [0.15, 0.2) is 0 Å². The fourth-order valence-electron chi connectivity index (χ4n) is 1.43. The lowest BCUT2D eigenvalue weighted by Crippen LogP contribution is -2.09. The van der Waals surface area contributed by atoms with Gasteiger partial charge in [0.1, 0.15) is 0 Å². The Morgan fingerprint density at radius 1 is 1.53 bits per heavy atom. The van der Waals surface area contributed by atoms with Crippen LogP contribution in [0.4, 0.5) is 0 Å². The number of nitriles is 1. The minimum Gasteiger partial charge on any atom is -0.466 e. The van der Waals surface area contributed by atoms with Gasteiger partial charge in [0, 0.05) is 4.47 Å². The van der Waals surface area contributed by atoms with Crippen molar-refractivity contribution in [2.24, 2.45) is 0 Å². The van der Waals surface area contributed by atoms with E-state index in [4.69, 9.17) is 15.1 Å². The molecule has 0 radical (unpaired) electrons. The van der Waals surface area contributed by atoms with Crippen molar-refractivity contribution in [3.8, 4) is 6.07 Å². The molecule has 1 N–H and O–H groups in total. The molecule has 5 heteroatoms. The van der Waals surface area contributed by atoms with E-state index in [9.17, 15) is 4.79 Å². The first-order valence-corrected chi connectivity index (χ1v) is 5.89. The van der Waals surface area contributed by atoms with Crippen LogP contribution in [0.5, 0.6) is 0 Å². The van der Waals surface area contributed by atoms with Crippen molar-refractivity contribution in [3.05, 3.63) is 33.3 Å². The van der Waals surface area contributed by atoms with Crippen LogP contribution in [-0.4, -0.2) is 17.7 Å². The average molecular weight is 298 g/mol. The van der Waals surface area contributed by atoms with Crippen molar-refractivity contribution < 1.29 is 14.6 Å². The number of nitrogens with zero attached hydrogens (tertiary/aromatic N) is 1. The fourth-order valence-corrected chi connectivity index (χ4v) is 1.92. The molecular weight excluding hydrogens is 286 g/mol. The van der Waals surface area contributed by atoms with E-state index in [1.165, 1.54) is 0 Å². The van der Waals surface area contributed by atoms with Crippen molar-refractivity contribution in [1.29, 1.82) is 5.26 Å². The van der Waals surface area contributed by atoms with Gasteiger partial charge < -0.3 is 9.84 Å². The van der Waals surface area contributed by atoms with E-state index in [1.54, 1.807) is 19.1 Å². The average Bonchev–Trinajstić information content (AvgIpc) is 2.32. The van der Waals surface area contributed by atoms with Gasteiger partial charge >= 0.3 is 5.97 Å². The summed E-state index contributed by atoms with van der Waals surface area (Å²) in [7, 11) is 0. The molecule has 1 aromatic rings. The van der Waals surface area contributed by atoms with E-state index < -0.39 is 0 Å². The van der Waals surface area contributed by atoms with Gasteiger partial charge in [0.05, 0.1) is 31.3 Å². The molecular formula is C12H12BrNO3. The Morgan fingerprint density at radius 3 is 2.71 bits per heavy atom. The predicted molar refractivity (Wildman–Crippen MR) is 65.1 cm³/mol. The van der Waals surface area contributed by atoms with Gasteiger partial charge in [-0.1, -0.05) is 15.9 Å². The van der Waals surface area contributed by atoms with Crippen LogP contribution in [0.3, 0.4) is 0 Å². The van der Waals surface area contributed by atoms with Crippen LogP contribution in [0.25, 0.3) is 0 Å². The normalized spacial score (nSPS) is 9.76. The molecule has 0 amide bonds. The molecule has 17 heavy (non-hydrogen) atoms. The summed E-state index contributed by atoms with van der Waals surface area (Å²) < 4.78 is 5.49. The number of ether oxygens (including phenoxy) is 1. The zero-order chi connectivity index (χ0) is 12.8. The van der Waals surface area contributed by atoms with E-state index in [1.807, 2.05) is 6.07 Å². The number of carbonyl (C=O) groups is 1. The summed E-state index contributed by atoms with van der Waals surface area (Å²) in [6, 6.07) is 5.18. The summed E-state index contributed by atoms with van der Waals surface area (Å²) in [6.45, 7) is 1.87. The first kappa shape index (κ1) is 13.7. The van der Waals surface area contributed by atoms with E-state index in [-0.39, 0.29) is 19.0 Å². The smallest absolute Gasteiger partial charge is 0.310 e. The topological polar surface area (TPSA) is 70.3 Å². The molecule has 90 valence electrons. The number of aliphatic hydroxyl groups excluding tert-OH is 1. The summed E-state index contributed by atoms with van der Waals surface area (Å²) in [4.78, 5) is 11.4. The highest BCUT2D eigenvalue weighted by molar-refractivity contribution is 9.10. The molecule has 0 aromatic heterocycles. The van der Waals surface area contributed by atoms with Gasteiger partial charge in [-0.15, -0.1) is 0 Å². The third-order valence-corrected chi connectivity index (χ3v) is 3.18. The number of esters is 1. The lowest BCUT2D eigenvalue weighted by Gasteiger charge is -2.09. The van der Waals surface area contributed by atoms with Gasteiger partial charge in [0.25, 0.3) is 0 Å². The fraction of sp³-hybridized carbons (Fsp3) is 0.333. The highest BCUT2D eigenvalue weighted by atomic mass is 79.9. The Hall–Kier alpha value is -1.38. The number of rotatable bonds is 4. The second-order valence-corrected chi connectivity index (χ2v) is 4.15. The van der Waals surface area contributed by atoms with Crippen LogP contribution in [-0.2, 0) is 22.6 Å². The zero-order valence-electron chi connectivity index (χ0n) is 9.36. The predicted octanol–water partition coefficient (Wildman–Crippen LogP) is 1.92. The third kappa shape index (κ3) is 3.55. The van der Waals surface area contributed by atoms with Crippen molar-refractivity contribution in [1.82, 2.24) is 0 Å². The third-order valence-electron chi connectivity index (χ3n) is 2.16. The molecule has 0 saturated carbocycles. The Bertz CT molecular complexity index is 466. The zero-order valence-corrected chi connectivity index (χ0v) is 11.0. The molecule has 0 atom stereocenters. The van der Waals surface area contributed by atoms with Crippen LogP contribution in [0.2, 0.25) is 0 Å². The van der Waals surface area contributed by atoms with Crippen LogP contribution >= 0.6 is 15.9 Å². The lowest BCUT2D eigenvalue weighted by atomic mass is 10.0. The molecule has 0 aliphatic rings. The van der Waals surface area contributed by atoms with Crippen LogP contribution < -0.4 is 0 Å². The summed E-state index contributed by atoms with van der Waals surface area (Å²) in [5.74, 6) is -0.354. The van der Waals surface area contributed by atoms with Crippen LogP contribution in [0.1, 0.15) is 23.6 Å². The van der Waals surface area contributed by atoms with Crippen molar-refractivity contribution >= 4 is 21.9 Å². The van der Waals surface area contributed by atoms with Gasteiger partial charge in [-0.3, -0.25) is 4.79 Å². The molecule has 0 fully saturated rings. The maximum Gasteiger partial charge on any atom is 0.310 e. The van der Waals surface area contributed by atoms with Gasteiger partial charge in [-0.2, -0.15) is 5.26 Å². The maximum atomic E-state index is 11.4. The molecule has 1 aromatic carbocycles. The molecule has 0 saturated heterocycles. The second-order valence-electron chi connectivity index (χ2n) is 3.36. The molecule has 1 rings (SSSR count). The molecule has 0 unspecified atom stereocenters. The van der Waals surface area contributed by atoms with Crippen molar-refractivity contribution in [3.63, 3.8) is 0 Å². The standard InChI is InChI=1S/C12H12BrNO3/c1-2-17-11(16)5-9-3-8(6-14)4-10(7-15)12(9)13/h3-4,15H,2,5,7H2,1H3. The minimum absolute atomic E-state index is 0.0803. The number of halogens is 1. The van der Waals surface area contributed by atoms with Gasteiger partial charge in [-0.25, -0.2) is 0 Å². The molecule has 0 aliphatic heterocycles.